The van der Waals surface area contributed by atoms with E-state index >= 15 is 0 Å². The maximum Gasteiger partial charge on any atom is 0.157 e. The van der Waals surface area contributed by atoms with E-state index in [2.05, 4.69) is 13.0 Å². The van der Waals surface area contributed by atoms with Crippen LogP contribution in [0.4, 0.5) is 0 Å². The van der Waals surface area contributed by atoms with Gasteiger partial charge in [0.2, 0.25) is 0 Å². The number of rotatable bonds is 0. The number of fused-ring (bicyclic) bond motifs is 5. The molecule has 0 spiro atoms. The zero-order chi connectivity index (χ0) is 17.3. The second-order valence-electron chi connectivity index (χ2n) is 8.91. The van der Waals surface area contributed by atoms with Gasteiger partial charge in [0.1, 0.15) is 5.78 Å². The van der Waals surface area contributed by atoms with Crippen LogP contribution in [0, 0.1) is 39.9 Å². The van der Waals surface area contributed by atoms with Crippen LogP contribution in [0.2, 0.25) is 0 Å². The molecule has 0 radical (unpaired) electrons. The zero-order valence-corrected chi connectivity index (χ0v) is 14.5. The molecule has 0 aliphatic heterocycles. The fraction of sp³-hybridized carbons (Fsp3) is 0.750. The Morgan fingerprint density at radius 1 is 1.21 bits per heavy atom. The van der Waals surface area contributed by atoms with Crippen molar-refractivity contribution in [1.29, 1.82) is 5.26 Å². The normalized spacial score (nSPS) is 50.4. The summed E-state index contributed by atoms with van der Waals surface area (Å²) in [6.07, 6.45) is 6.43. The number of carbonyl (C=O) groups is 2. The van der Waals surface area contributed by atoms with E-state index in [-0.39, 0.29) is 34.7 Å². The van der Waals surface area contributed by atoms with Crippen LogP contribution in [0.5, 0.6) is 0 Å². The minimum atomic E-state index is -1.38. The summed E-state index contributed by atoms with van der Waals surface area (Å²) in [7, 11) is 0. The summed E-state index contributed by atoms with van der Waals surface area (Å²) in [5, 5.41) is 20.3. The van der Waals surface area contributed by atoms with Crippen molar-refractivity contribution < 1.29 is 14.7 Å². The van der Waals surface area contributed by atoms with Crippen LogP contribution >= 0.6 is 0 Å². The van der Waals surface area contributed by atoms with Gasteiger partial charge in [0, 0.05) is 24.2 Å². The lowest BCUT2D eigenvalue weighted by atomic mass is 9.46. The summed E-state index contributed by atoms with van der Waals surface area (Å²) in [5.41, 5.74) is -1.05. The van der Waals surface area contributed by atoms with Crippen LogP contribution in [0.25, 0.3) is 0 Å². The van der Waals surface area contributed by atoms with E-state index in [0.29, 0.717) is 19.3 Å². The van der Waals surface area contributed by atoms with Crippen molar-refractivity contribution in [1.82, 2.24) is 0 Å². The molecule has 0 unspecified atom stereocenters. The summed E-state index contributed by atoms with van der Waals surface area (Å²) < 4.78 is 0. The molecular formula is C20H25NO3. The summed E-state index contributed by atoms with van der Waals surface area (Å²) in [5.74, 6) is 0.782. The van der Waals surface area contributed by atoms with Crippen LogP contribution in [0.3, 0.4) is 0 Å². The summed E-state index contributed by atoms with van der Waals surface area (Å²) in [6, 6.07) is 2.12. The van der Waals surface area contributed by atoms with Gasteiger partial charge >= 0.3 is 0 Å². The Morgan fingerprint density at radius 3 is 2.67 bits per heavy atom. The molecule has 1 N–H and O–H groups in total. The average Bonchev–Trinajstić information content (AvgIpc) is 2.79. The first-order chi connectivity index (χ1) is 11.2. The van der Waals surface area contributed by atoms with Crippen molar-refractivity contribution in [2.45, 2.75) is 64.4 Å². The first-order valence-electron chi connectivity index (χ1n) is 9.15. The number of aliphatic hydroxyl groups is 1. The van der Waals surface area contributed by atoms with E-state index in [4.69, 9.17) is 0 Å². The number of hydrogen-bond acceptors (Lipinski definition) is 4. The van der Waals surface area contributed by atoms with E-state index in [1.165, 1.54) is 0 Å². The second kappa shape index (κ2) is 4.79. The number of hydrogen-bond donors (Lipinski definition) is 1. The Labute approximate surface area is 142 Å². The molecule has 0 amide bonds. The highest BCUT2D eigenvalue weighted by Crippen LogP contribution is 2.66. The highest BCUT2D eigenvalue weighted by Gasteiger charge is 2.66. The molecule has 4 nitrogen and oxygen atoms in total. The summed E-state index contributed by atoms with van der Waals surface area (Å²) in [4.78, 5) is 25.0. The van der Waals surface area contributed by atoms with Crippen LogP contribution in [0.1, 0.15) is 58.8 Å². The molecule has 0 aromatic rings. The average molecular weight is 327 g/mol. The zero-order valence-electron chi connectivity index (χ0n) is 14.5. The molecule has 0 aromatic carbocycles. The number of nitriles is 1. The van der Waals surface area contributed by atoms with Crippen molar-refractivity contribution in [2.24, 2.45) is 28.6 Å². The summed E-state index contributed by atoms with van der Waals surface area (Å²) >= 11 is 0. The Balaban J connectivity index is 1.77. The molecule has 4 aliphatic rings. The smallest absolute Gasteiger partial charge is 0.157 e. The van der Waals surface area contributed by atoms with Gasteiger partial charge in [0.05, 0.1) is 6.07 Å². The first kappa shape index (κ1) is 16.0. The predicted molar refractivity (Wildman–Crippen MR) is 87.7 cm³/mol. The van der Waals surface area contributed by atoms with E-state index in [1.54, 1.807) is 6.08 Å². The molecule has 24 heavy (non-hydrogen) atoms. The second-order valence-corrected chi connectivity index (χ2v) is 8.91. The van der Waals surface area contributed by atoms with Crippen molar-refractivity contribution >= 4 is 11.6 Å². The molecule has 4 rings (SSSR count). The van der Waals surface area contributed by atoms with Gasteiger partial charge in [-0.1, -0.05) is 19.4 Å². The monoisotopic (exact) mass is 327 g/mol. The van der Waals surface area contributed by atoms with Gasteiger partial charge in [-0.15, -0.1) is 0 Å². The van der Waals surface area contributed by atoms with Gasteiger partial charge in [-0.3, -0.25) is 9.59 Å². The number of carbonyl (C=O) groups excluding carboxylic acids is 2. The molecule has 0 saturated heterocycles. The maximum absolute atomic E-state index is 13.2. The van der Waals surface area contributed by atoms with E-state index in [0.717, 1.165) is 31.3 Å². The topological polar surface area (TPSA) is 78.2 Å². The van der Waals surface area contributed by atoms with Crippen molar-refractivity contribution in [2.75, 3.05) is 0 Å². The molecule has 4 aliphatic carbocycles. The molecule has 4 heteroatoms. The lowest BCUT2D eigenvalue weighted by Gasteiger charge is -2.57. The molecule has 3 saturated carbocycles. The molecule has 0 bridgehead atoms. The van der Waals surface area contributed by atoms with Crippen LogP contribution in [-0.2, 0) is 9.59 Å². The van der Waals surface area contributed by atoms with Gasteiger partial charge in [0.25, 0.3) is 0 Å². The fourth-order valence-corrected chi connectivity index (χ4v) is 6.57. The van der Waals surface area contributed by atoms with Gasteiger partial charge in [0.15, 0.2) is 11.4 Å². The van der Waals surface area contributed by atoms with E-state index in [1.807, 2.05) is 6.92 Å². The lowest BCUT2D eigenvalue weighted by Crippen LogP contribution is -2.58. The van der Waals surface area contributed by atoms with Gasteiger partial charge in [-0.25, -0.2) is 0 Å². The predicted octanol–water partition coefficient (Wildman–Crippen LogP) is 2.95. The highest BCUT2D eigenvalue weighted by molar-refractivity contribution is 5.93. The Hall–Kier alpha value is -1.47. The van der Waals surface area contributed by atoms with E-state index in [9.17, 15) is 20.0 Å². The SMILES string of the molecule is C[C@]12CCC(=O)C=C1CC[C@H]1[C@H]3CC[C@](O)(C#N)[C@@]3(C)CC(=O)[C@@H]12. The minimum absolute atomic E-state index is 0.0512. The number of nitrogens with zero attached hydrogens (tertiary/aromatic N) is 1. The first-order valence-corrected chi connectivity index (χ1v) is 9.15. The van der Waals surface area contributed by atoms with Crippen LogP contribution < -0.4 is 0 Å². The maximum atomic E-state index is 13.2. The van der Waals surface area contributed by atoms with Crippen molar-refractivity contribution in [3.8, 4) is 6.07 Å². The minimum Gasteiger partial charge on any atom is -0.375 e. The third-order valence-electron chi connectivity index (χ3n) is 7.99. The standard InChI is InChI=1S/C20H25NO3/c1-18-7-5-13(22)9-12(18)3-4-14-15-6-8-20(24,11-21)19(15,2)10-16(23)17(14)18/h9,14-15,17,24H,3-8,10H2,1-2H3/t14-,15+,17+,18-,19-,20-/m0/s1. The molecule has 0 aromatic heterocycles. The van der Waals surface area contributed by atoms with Crippen LogP contribution in [-0.4, -0.2) is 22.3 Å². The summed E-state index contributed by atoms with van der Waals surface area (Å²) in [6.45, 7) is 4.11. The Bertz CT molecular complexity index is 704. The molecule has 128 valence electrons. The molecule has 6 atom stereocenters. The van der Waals surface area contributed by atoms with Crippen molar-refractivity contribution in [3.63, 3.8) is 0 Å². The largest absolute Gasteiger partial charge is 0.375 e. The van der Waals surface area contributed by atoms with Crippen LogP contribution in [0.15, 0.2) is 11.6 Å². The third kappa shape index (κ3) is 1.77. The number of allylic oxidation sites excluding steroid dienone is 1. The molecule has 3 fully saturated rings. The highest BCUT2D eigenvalue weighted by atomic mass is 16.3. The molecule has 0 heterocycles. The fourth-order valence-electron chi connectivity index (χ4n) is 6.57. The van der Waals surface area contributed by atoms with E-state index < -0.39 is 11.0 Å². The number of Topliss-reactive ketones (excluding diaryl/α,β-unsaturated/α-hetero) is 1. The third-order valence-corrected chi connectivity index (χ3v) is 7.99. The van der Waals surface area contributed by atoms with Gasteiger partial charge in [-0.2, -0.15) is 5.26 Å². The Kier molecular flexibility index (Phi) is 3.20. The quantitative estimate of drug-likeness (QED) is 0.694. The van der Waals surface area contributed by atoms with Gasteiger partial charge < -0.3 is 5.11 Å². The van der Waals surface area contributed by atoms with Crippen molar-refractivity contribution in [3.05, 3.63) is 11.6 Å². The van der Waals surface area contributed by atoms with Gasteiger partial charge in [-0.05, 0) is 55.4 Å². The lowest BCUT2D eigenvalue weighted by molar-refractivity contribution is -0.153. The Morgan fingerprint density at radius 2 is 1.96 bits per heavy atom. The number of ketones is 2. The molecular weight excluding hydrogens is 302 g/mol.